The number of nitrogen functional groups attached to an aromatic ring is 1. The van der Waals surface area contributed by atoms with E-state index in [0.717, 1.165) is 38.4 Å². The fourth-order valence-corrected chi connectivity index (χ4v) is 4.47. The summed E-state index contributed by atoms with van der Waals surface area (Å²) in [5.74, 6) is 0.0321. The highest BCUT2D eigenvalue weighted by Gasteiger charge is 2.21. The van der Waals surface area contributed by atoms with E-state index in [-0.39, 0.29) is 11.6 Å². The van der Waals surface area contributed by atoms with Gasteiger partial charge >= 0.3 is 6.03 Å². The number of rotatable bonds is 7. The van der Waals surface area contributed by atoms with Crippen LogP contribution in [-0.4, -0.2) is 64.1 Å². The van der Waals surface area contributed by atoms with Crippen molar-refractivity contribution < 1.29 is 14.3 Å². The van der Waals surface area contributed by atoms with Crippen LogP contribution >= 0.6 is 0 Å². The molecule has 0 spiro atoms. The maximum atomic E-state index is 13.6. The van der Waals surface area contributed by atoms with Gasteiger partial charge in [0.15, 0.2) is 5.78 Å². The summed E-state index contributed by atoms with van der Waals surface area (Å²) in [6, 6.07) is 13.9. The molecular formula is C27H29N7O3. The fourth-order valence-electron chi connectivity index (χ4n) is 4.47. The molecular weight excluding hydrogens is 470 g/mol. The Balaban J connectivity index is 1.36. The number of morpholine rings is 1. The van der Waals surface area contributed by atoms with Crippen molar-refractivity contribution in [2.45, 2.75) is 13.5 Å². The Bertz CT molecular complexity index is 1440. The van der Waals surface area contributed by atoms with Gasteiger partial charge in [-0.15, -0.1) is 0 Å². The Morgan fingerprint density at radius 1 is 1.00 bits per heavy atom. The Kier molecular flexibility index (Phi) is 7.11. The Labute approximate surface area is 214 Å². The number of hydrogen-bond acceptors (Lipinski definition) is 7. The van der Waals surface area contributed by atoms with E-state index in [2.05, 4.69) is 25.5 Å². The van der Waals surface area contributed by atoms with Gasteiger partial charge in [0.25, 0.3) is 0 Å². The summed E-state index contributed by atoms with van der Waals surface area (Å²) < 4.78 is 7.38. The molecule has 4 N–H and O–H groups in total. The highest BCUT2D eigenvalue weighted by Crippen LogP contribution is 2.27. The first-order valence-electron chi connectivity index (χ1n) is 12.2. The topological polar surface area (TPSA) is 127 Å². The summed E-state index contributed by atoms with van der Waals surface area (Å²) in [6.07, 6.45) is 3.21. The van der Waals surface area contributed by atoms with Gasteiger partial charge < -0.3 is 25.7 Å². The molecule has 10 heteroatoms. The Morgan fingerprint density at radius 3 is 2.49 bits per heavy atom. The molecule has 0 atom stereocenters. The van der Waals surface area contributed by atoms with Crippen molar-refractivity contribution >= 4 is 40.0 Å². The van der Waals surface area contributed by atoms with E-state index in [1.807, 2.05) is 35.8 Å². The maximum absolute atomic E-state index is 13.6. The molecule has 0 unspecified atom stereocenters. The maximum Gasteiger partial charge on any atom is 0.323 e. The molecule has 1 aliphatic rings. The number of nitrogens with zero attached hydrogens (tertiary/aromatic N) is 4. The van der Waals surface area contributed by atoms with E-state index in [1.165, 1.54) is 6.33 Å². The average molecular weight is 500 g/mol. The van der Waals surface area contributed by atoms with Crippen molar-refractivity contribution in [1.29, 1.82) is 0 Å². The summed E-state index contributed by atoms with van der Waals surface area (Å²) in [4.78, 5) is 37.0. The normalized spacial score (nSPS) is 14.0. The third-order valence-corrected chi connectivity index (χ3v) is 6.35. The van der Waals surface area contributed by atoms with E-state index in [9.17, 15) is 9.59 Å². The zero-order chi connectivity index (χ0) is 25.8. The molecule has 2 aromatic heterocycles. The number of amides is 2. The Morgan fingerprint density at radius 2 is 1.73 bits per heavy atom. The SMILES string of the molecule is Cc1cccc(NC(=O)Nc2cccc(C(=O)c3cn(CCN4CCOCC4)c4ncnc(N)c34)c2)c1. The summed E-state index contributed by atoms with van der Waals surface area (Å²) in [7, 11) is 0. The third kappa shape index (κ3) is 5.60. The van der Waals surface area contributed by atoms with E-state index in [1.54, 1.807) is 30.5 Å². The predicted octanol–water partition coefficient (Wildman–Crippen LogP) is 3.53. The zero-order valence-electron chi connectivity index (χ0n) is 20.6. The van der Waals surface area contributed by atoms with E-state index >= 15 is 0 Å². The molecule has 2 aromatic carbocycles. The summed E-state index contributed by atoms with van der Waals surface area (Å²) in [5.41, 5.74) is 9.89. The molecule has 37 heavy (non-hydrogen) atoms. The number of carbonyl (C=O) groups is 2. The number of hydrogen-bond donors (Lipinski definition) is 3. The highest BCUT2D eigenvalue weighted by atomic mass is 16.5. The van der Waals surface area contributed by atoms with Crippen LogP contribution in [0.5, 0.6) is 0 Å². The third-order valence-electron chi connectivity index (χ3n) is 6.35. The zero-order valence-corrected chi connectivity index (χ0v) is 20.6. The number of aromatic nitrogens is 3. The number of fused-ring (bicyclic) bond motifs is 1. The number of ether oxygens (including phenoxy) is 1. The predicted molar refractivity (Wildman–Crippen MR) is 143 cm³/mol. The van der Waals surface area contributed by atoms with Crippen molar-refractivity contribution in [3.63, 3.8) is 0 Å². The highest BCUT2D eigenvalue weighted by molar-refractivity contribution is 6.18. The van der Waals surface area contributed by atoms with Crippen LogP contribution in [0.1, 0.15) is 21.5 Å². The van der Waals surface area contributed by atoms with Gasteiger partial charge in [0.2, 0.25) is 0 Å². The molecule has 1 fully saturated rings. The Hall–Kier alpha value is -4.28. The molecule has 1 saturated heterocycles. The van der Waals surface area contributed by atoms with E-state index in [4.69, 9.17) is 10.5 Å². The van der Waals surface area contributed by atoms with Crippen LogP contribution in [0.25, 0.3) is 11.0 Å². The van der Waals surface area contributed by atoms with Crippen LogP contribution in [0.4, 0.5) is 22.0 Å². The quantitative estimate of drug-likeness (QED) is 0.332. The van der Waals surface area contributed by atoms with Crippen LogP contribution in [0, 0.1) is 6.92 Å². The largest absolute Gasteiger partial charge is 0.383 e. The van der Waals surface area contributed by atoms with Gasteiger partial charge in [0.1, 0.15) is 17.8 Å². The lowest BCUT2D eigenvalue weighted by molar-refractivity contribution is 0.0365. The molecule has 2 amide bonds. The van der Waals surface area contributed by atoms with Crippen molar-refractivity contribution in [2.24, 2.45) is 0 Å². The number of nitrogens with two attached hydrogens (primary N) is 1. The minimum atomic E-state index is -0.396. The number of benzene rings is 2. The number of urea groups is 1. The van der Waals surface area contributed by atoms with Crippen molar-refractivity contribution in [2.75, 3.05) is 49.2 Å². The van der Waals surface area contributed by atoms with Gasteiger partial charge in [-0.1, -0.05) is 24.3 Å². The molecule has 0 saturated carbocycles. The van der Waals surface area contributed by atoms with Crippen LogP contribution in [-0.2, 0) is 11.3 Å². The van der Waals surface area contributed by atoms with Crippen LogP contribution < -0.4 is 16.4 Å². The molecule has 3 heterocycles. The minimum absolute atomic E-state index is 0.223. The second kappa shape index (κ2) is 10.8. The van der Waals surface area contributed by atoms with Crippen LogP contribution in [0.2, 0.25) is 0 Å². The van der Waals surface area contributed by atoms with Gasteiger partial charge in [0.05, 0.1) is 24.2 Å². The lowest BCUT2D eigenvalue weighted by Crippen LogP contribution is -2.38. The lowest BCUT2D eigenvalue weighted by Gasteiger charge is -2.26. The number of nitrogens with one attached hydrogen (secondary N) is 2. The average Bonchev–Trinajstić information content (AvgIpc) is 3.27. The lowest BCUT2D eigenvalue weighted by atomic mass is 10.0. The van der Waals surface area contributed by atoms with Crippen LogP contribution in [0.3, 0.4) is 0 Å². The van der Waals surface area contributed by atoms with Crippen molar-refractivity contribution in [3.8, 4) is 0 Å². The number of ketones is 1. The van der Waals surface area contributed by atoms with E-state index in [0.29, 0.717) is 40.1 Å². The van der Waals surface area contributed by atoms with Gasteiger partial charge in [-0.2, -0.15) is 0 Å². The van der Waals surface area contributed by atoms with Gasteiger partial charge in [-0.05, 0) is 36.8 Å². The van der Waals surface area contributed by atoms with Gasteiger partial charge in [-0.25, -0.2) is 14.8 Å². The second-order valence-electron chi connectivity index (χ2n) is 9.01. The van der Waals surface area contributed by atoms with Crippen LogP contribution in [0.15, 0.2) is 61.1 Å². The molecule has 5 rings (SSSR count). The van der Waals surface area contributed by atoms with E-state index < -0.39 is 6.03 Å². The van der Waals surface area contributed by atoms with Gasteiger partial charge in [-0.3, -0.25) is 9.69 Å². The van der Waals surface area contributed by atoms with Crippen molar-refractivity contribution in [1.82, 2.24) is 19.4 Å². The number of carbonyl (C=O) groups excluding carboxylic acids is 2. The molecule has 0 radical (unpaired) electrons. The summed E-state index contributed by atoms with van der Waals surface area (Å²) in [6.45, 7) is 6.60. The standard InChI is InChI=1S/C27H29N7O3/c1-18-4-2-6-20(14-18)31-27(36)32-21-7-3-5-19(15-21)24(35)22-16-34(9-8-33-10-12-37-13-11-33)26-23(22)25(28)29-17-30-26/h2-7,14-17H,8-13H2,1H3,(H2,28,29,30)(H2,31,32,36). The smallest absolute Gasteiger partial charge is 0.323 e. The molecule has 190 valence electrons. The fraction of sp³-hybridized carbons (Fsp3) is 0.259. The summed E-state index contributed by atoms with van der Waals surface area (Å²) in [5, 5.41) is 6.13. The number of anilines is 3. The first kappa shape index (κ1) is 24.4. The first-order chi connectivity index (χ1) is 18.0. The monoisotopic (exact) mass is 499 g/mol. The molecule has 1 aliphatic heterocycles. The molecule has 0 bridgehead atoms. The first-order valence-corrected chi connectivity index (χ1v) is 12.2. The number of aryl methyl sites for hydroxylation is 1. The molecule has 10 nitrogen and oxygen atoms in total. The minimum Gasteiger partial charge on any atom is -0.383 e. The van der Waals surface area contributed by atoms with Gasteiger partial charge in [0, 0.05) is 49.3 Å². The second-order valence-corrected chi connectivity index (χ2v) is 9.01. The molecule has 4 aromatic rings. The summed E-state index contributed by atoms with van der Waals surface area (Å²) >= 11 is 0. The van der Waals surface area contributed by atoms with Crippen molar-refractivity contribution in [3.05, 3.63) is 77.7 Å². The molecule has 0 aliphatic carbocycles.